The number of benzene rings is 1. The molecule has 7 heteroatoms. The molecule has 0 radical (unpaired) electrons. The highest BCUT2D eigenvalue weighted by molar-refractivity contribution is 5.87. The van der Waals surface area contributed by atoms with Gasteiger partial charge in [-0.05, 0) is 36.3 Å². The van der Waals surface area contributed by atoms with Gasteiger partial charge in [-0.25, -0.2) is 0 Å². The van der Waals surface area contributed by atoms with Crippen molar-refractivity contribution in [3.63, 3.8) is 0 Å². The van der Waals surface area contributed by atoms with Crippen LogP contribution in [0.2, 0.25) is 0 Å². The van der Waals surface area contributed by atoms with Gasteiger partial charge in [0.25, 0.3) is 0 Å². The summed E-state index contributed by atoms with van der Waals surface area (Å²) in [6, 6.07) is 7.75. The molecule has 0 aliphatic carbocycles. The van der Waals surface area contributed by atoms with E-state index in [2.05, 4.69) is 21.0 Å². The molecule has 2 N–H and O–H groups in total. The van der Waals surface area contributed by atoms with Crippen LogP contribution in [0.3, 0.4) is 0 Å². The molecule has 23 heavy (non-hydrogen) atoms. The van der Waals surface area contributed by atoms with E-state index < -0.39 is 0 Å². The summed E-state index contributed by atoms with van der Waals surface area (Å²) >= 11 is 0. The van der Waals surface area contributed by atoms with Gasteiger partial charge in [-0.1, -0.05) is 6.07 Å². The predicted molar refractivity (Wildman–Crippen MR) is 89.8 cm³/mol. The van der Waals surface area contributed by atoms with E-state index in [0.29, 0.717) is 11.5 Å². The van der Waals surface area contributed by atoms with Crippen LogP contribution in [-0.4, -0.2) is 36.2 Å². The van der Waals surface area contributed by atoms with E-state index in [4.69, 9.17) is 10.5 Å². The van der Waals surface area contributed by atoms with E-state index in [1.165, 1.54) is 0 Å². The second-order valence-electron chi connectivity index (χ2n) is 5.11. The number of aryl methyl sites for hydroxylation is 1. The van der Waals surface area contributed by atoms with Crippen molar-refractivity contribution < 1.29 is 4.74 Å². The number of aromatic nitrogens is 3. The van der Waals surface area contributed by atoms with Gasteiger partial charge in [-0.3, -0.25) is 0 Å². The average Bonchev–Trinajstić information content (AvgIpc) is 2.52. The summed E-state index contributed by atoms with van der Waals surface area (Å²) in [6.45, 7) is 1.94. The van der Waals surface area contributed by atoms with E-state index in [1.807, 2.05) is 25.1 Å². The molecular formula is C16H18N6O. The first-order valence-corrected chi connectivity index (χ1v) is 6.90. The van der Waals surface area contributed by atoms with Crippen molar-refractivity contribution in [2.24, 2.45) is 0 Å². The van der Waals surface area contributed by atoms with Gasteiger partial charge in [-0.2, -0.15) is 20.2 Å². The summed E-state index contributed by atoms with van der Waals surface area (Å²) in [4.78, 5) is 14.0. The Balaban J connectivity index is 2.48. The van der Waals surface area contributed by atoms with Crippen molar-refractivity contribution in [3.8, 4) is 11.8 Å². The quantitative estimate of drug-likeness (QED) is 0.860. The molecule has 0 spiro atoms. The highest BCUT2D eigenvalue weighted by Crippen LogP contribution is 2.22. The lowest BCUT2D eigenvalue weighted by atomic mass is 10.1. The van der Waals surface area contributed by atoms with Gasteiger partial charge < -0.3 is 15.4 Å². The van der Waals surface area contributed by atoms with Crippen molar-refractivity contribution in [2.75, 3.05) is 31.8 Å². The van der Waals surface area contributed by atoms with Crippen LogP contribution in [0.25, 0.3) is 11.6 Å². The fourth-order valence-electron chi connectivity index (χ4n) is 2.01. The van der Waals surface area contributed by atoms with Crippen molar-refractivity contribution in [2.45, 2.75) is 6.92 Å². The minimum absolute atomic E-state index is 0.0748. The molecule has 2 aromatic rings. The van der Waals surface area contributed by atoms with Crippen molar-refractivity contribution >= 4 is 23.5 Å². The molecule has 0 unspecified atom stereocenters. The van der Waals surface area contributed by atoms with Gasteiger partial charge in [0, 0.05) is 14.1 Å². The van der Waals surface area contributed by atoms with Crippen LogP contribution in [0.1, 0.15) is 17.0 Å². The number of rotatable bonds is 4. The zero-order valence-electron chi connectivity index (χ0n) is 13.5. The minimum Gasteiger partial charge on any atom is -0.496 e. The summed E-state index contributed by atoms with van der Waals surface area (Å²) < 4.78 is 5.23. The molecule has 1 aromatic heterocycles. The van der Waals surface area contributed by atoms with Gasteiger partial charge in [0.2, 0.25) is 11.9 Å². The third kappa shape index (κ3) is 3.74. The number of nitriles is 1. The topological polar surface area (TPSA) is 101 Å². The molecule has 118 valence electrons. The standard InChI is InChI=1S/C16H18N6O/c1-10-7-11(5-6-13(10)23-4)8-12(9-17)14-19-15(18)21-16(20-14)22(2)3/h5-8H,1-4H3,(H2,18,19,20,21)/b12-8+. The Labute approximate surface area is 135 Å². The molecule has 0 saturated carbocycles. The van der Waals surface area contributed by atoms with Crippen LogP contribution in [0, 0.1) is 18.3 Å². The Morgan fingerprint density at radius 3 is 2.61 bits per heavy atom. The van der Waals surface area contributed by atoms with E-state index in [0.717, 1.165) is 16.9 Å². The number of nitrogens with two attached hydrogens (primary N) is 1. The molecule has 0 bridgehead atoms. The van der Waals surface area contributed by atoms with E-state index in [-0.39, 0.29) is 11.8 Å². The van der Waals surface area contributed by atoms with Crippen molar-refractivity contribution in [3.05, 3.63) is 35.2 Å². The number of methoxy groups -OCH3 is 1. The van der Waals surface area contributed by atoms with Gasteiger partial charge in [0.1, 0.15) is 11.8 Å². The van der Waals surface area contributed by atoms with Crippen molar-refractivity contribution in [1.82, 2.24) is 15.0 Å². The fraction of sp³-hybridized carbons (Fsp3) is 0.250. The van der Waals surface area contributed by atoms with E-state index in [1.54, 1.807) is 32.2 Å². The number of hydrogen-bond donors (Lipinski definition) is 1. The Kier molecular flexibility index (Phi) is 4.76. The SMILES string of the molecule is COc1ccc(/C=C(\C#N)c2nc(N)nc(N(C)C)n2)cc1C. The number of anilines is 2. The summed E-state index contributed by atoms with van der Waals surface area (Å²) in [6.07, 6.45) is 1.71. The van der Waals surface area contributed by atoms with Crippen LogP contribution in [0.4, 0.5) is 11.9 Å². The Bertz CT molecular complexity index is 792. The van der Waals surface area contributed by atoms with E-state index in [9.17, 15) is 5.26 Å². The number of hydrogen-bond acceptors (Lipinski definition) is 7. The normalized spacial score (nSPS) is 11.0. The first kappa shape index (κ1) is 16.2. The smallest absolute Gasteiger partial charge is 0.230 e. The minimum atomic E-state index is 0.0748. The van der Waals surface area contributed by atoms with Gasteiger partial charge in [0.15, 0.2) is 5.82 Å². The van der Waals surface area contributed by atoms with Gasteiger partial charge >= 0.3 is 0 Å². The lowest BCUT2D eigenvalue weighted by molar-refractivity contribution is 0.411. The molecule has 0 atom stereocenters. The predicted octanol–water partition coefficient (Wildman–Crippen LogP) is 1.90. The lowest BCUT2D eigenvalue weighted by Gasteiger charge is -2.11. The van der Waals surface area contributed by atoms with E-state index >= 15 is 0 Å². The Morgan fingerprint density at radius 1 is 1.30 bits per heavy atom. The number of ether oxygens (including phenoxy) is 1. The fourth-order valence-corrected chi connectivity index (χ4v) is 2.01. The van der Waals surface area contributed by atoms with Crippen LogP contribution in [-0.2, 0) is 0 Å². The zero-order chi connectivity index (χ0) is 17.0. The zero-order valence-corrected chi connectivity index (χ0v) is 13.5. The summed E-state index contributed by atoms with van der Waals surface area (Å²) in [5.41, 5.74) is 7.84. The summed E-state index contributed by atoms with van der Waals surface area (Å²) in [7, 11) is 5.21. The number of nitrogen functional groups attached to an aromatic ring is 1. The first-order chi connectivity index (χ1) is 10.9. The summed E-state index contributed by atoms with van der Waals surface area (Å²) in [5.74, 6) is 1.52. The van der Waals surface area contributed by atoms with Crippen molar-refractivity contribution in [1.29, 1.82) is 5.26 Å². The molecule has 0 saturated heterocycles. The molecule has 0 aliphatic heterocycles. The maximum absolute atomic E-state index is 9.43. The number of allylic oxidation sites excluding steroid dienone is 1. The monoisotopic (exact) mass is 310 g/mol. The maximum Gasteiger partial charge on any atom is 0.230 e. The largest absolute Gasteiger partial charge is 0.496 e. The maximum atomic E-state index is 9.43. The molecule has 0 fully saturated rings. The molecular weight excluding hydrogens is 292 g/mol. The molecule has 7 nitrogen and oxygen atoms in total. The van der Waals surface area contributed by atoms with Crippen LogP contribution >= 0.6 is 0 Å². The first-order valence-electron chi connectivity index (χ1n) is 6.90. The Morgan fingerprint density at radius 2 is 2.04 bits per heavy atom. The van der Waals surface area contributed by atoms with Gasteiger partial charge in [0.05, 0.1) is 12.7 Å². The molecule has 0 amide bonds. The van der Waals surface area contributed by atoms with Crippen LogP contribution < -0.4 is 15.4 Å². The molecule has 1 heterocycles. The van der Waals surface area contributed by atoms with Gasteiger partial charge in [-0.15, -0.1) is 0 Å². The molecule has 0 aliphatic rings. The van der Waals surface area contributed by atoms with Crippen LogP contribution in [0.5, 0.6) is 5.75 Å². The average molecular weight is 310 g/mol. The molecule has 1 aromatic carbocycles. The molecule has 2 rings (SSSR count). The highest BCUT2D eigenvalue weighted by Gasteiger charge is 2.11. The summed E-state index contributed by atoms with van der Waals surface area (Å²) in [5, 5.41) is 9.43. The third-order valence-electron chi connectivity index (χ3n) is 3.13. The van der Waals surface area contributed by atoms with Crippen LogP contribution in [0.15, 0.2) is 18.2 Å². The Hall–Kier alpha value is -3.14. The highest BCUT2D eigenvalue weighted by atomic mass is 16.5. The second-order valence-corrected chi connectivity index (χ2v) is 5.11. The second kappa shape index (κ2) is 6.75. The third-order valence-corrected chi connectivity index (χ3v) is 3.13. The lowest BCUT2D eigenvalue weighted by Crippen LogP contribution is -2.15. The number of nitrogens with zero attached hydrogens (tertiary/aromatic N) is 5.